The minimum Gasteiger partial charge on any atom is -0.456 e. The van der Waals surface area contributed by atoms with Crippen LogP contribution in [0.25, 0.3) is 33.7 Å². The summed E-state index contributed by atoms with van der Waals surface area (Å²) >= 11 is 6.78. The molecule has 2 aliphatic rings. The van der Waals surface area contributed by atoms with Crippen LogP contribution >= 0.6 is 11.6 Å². The van der Waals surface area contributed by atoms with Gasteiger partial charge in [0.05, 0.1) is 29.6 Å². The molecule has 0 radical (unpaired) electrons. The zero-order valence-electron chi connectivity index (χ0n) is 26.0. The Kier molecular flexibility index (Phi) is 9.05. The van der Waals surface area contributed by atoms with Crippen molar-refractivity contribution < 1.29 is 28.3 Å². The molecule has 3 aromatic heterocycles. The second-order valence-electron chi connectivity index (χ2n) is 12.9. The normalized spacial score (nSPS) is 21.8. The summed E-state index contributed by atoms with van der Waals surface area (Å²) in [5, 5.41) is 10.6. The van der Waals surface area contributed by atoms with E-state index >= 15 is 0 Å². The summed E-state index contributed by atoms with van der Waals surface area (Å²) in [7, 11) is -3.62. The van der Waals surface area contributed by atoms with E-state index in [0.717, 1.165) is 17.2 Å². The quantitative estimate of drug-likeness (QED) is 0.174. The SMILES string of the molecule is C[Si](C)(C)CCOCn1c(O[C@@H]2CO[C@H]3[C@@H]2OC[C@H]3O)nc2cc(Cl)c(-c3ccc(-c4cccc(N=S(C)(C)=O)n4)cc3)nc21. The third-order valence-electron chi connectivity index (χ3n) is 7.60. The zero-order chi connectivity index (χ0) is 31.9. The number of halogens is 1. The highest BCUT2D eigenvalue weighted by molar-refractivity contribution is 7.92. The molecule has 6 rings (SSSR count). The van der Waals surface area contributed by atoms with Gasteiger partial charge in [-0.3, -0.25) is 4.57 Å². The molecule has 0 bridgehead atoms. The van der Waals surface area contributed by atoms with E-state index in [1.807, 2.05) is 41.0 Å². The van der Waals surface area contributed by atoms with Crippen LogP contribution in [-0.4, -0.2) is 93.7 Å². The number of aromatic nitrogens is 4. The molecule has 0 amide bonds. The fourth-order valence-corrected chi connectivity index (χ4v) is 6.85. The molecular formula is C31H38ClN5O6SSi. The van der Waals surface area contributed by atoms with E-state index in [2.05, 4.69) is 29.0 Å². The molecule has 1 N–H and O–H groups in total. The van der Waals surface area contributed by atoms with Crippen molar-refractivity contribution >= 4 is 46.4 Å². The summed E-state index contributed by atoms with van der Waals surface area (Å²) in [5.74, 6) is 0.426. The summed E-state index contributed by atoms with van der Waals surface area (Å²) < 4.78 is 42.2. The fourth-order valence-electron chi connectivity index (χ4n) is 5.29. The van der Waals surface area contributed by atoms with Gasteiger partial charge in [0.15, 0.2) is 17.6 Å². The molecule has 5 heterocycles. The molecule has 0 spiro atoms. The summed E-state index contributed by atoms with van der Waals surface area (Å²) in [4.78, 5) is 14.3. The molecule has 2 fully saturated rings. The molecule has 45 heavy (non-hydrogen) atoms. The Bertz CT molecular complexity index is 1810. The summed E-state index contributed by atoms with van der Waals surface area (Å²) in [6.07, 6.45) is 1.24. The Labute approximate surface area is 269 Å². The van der Waals surface area contributed by atoms with E-state index in [4.69, 9.17) is 40.5 Å². The molecule has 14 heteroatoms. The Morgan fingerprint density at radius 1 is 1.04 bits per heavy atom. The van der Waals surface area contributed by atoms with Crippen LogP contribution in [0.3, 0.4) is 0 Å². The van der Waals surface area contributed by atoms with E-state index in [1.165, 1.54) is 0 Å². The van der Waals surface area contributed by atoms with Gasteiger partial charge in [0.1, 0.15) is 30.6 Å². The Balaban J connectivity index is 1.31. The number of imidazole rings is 1. The predicted molar refractivity (Wildman–Crippen MR) is 177 cm³/mol. The van der Waals surface area contributed by atoms with Crippen LogP contribution in [-0.2, 0) is 30.7 Å². The van der Waals surface area contributed by atoms with E-state index in [9.17, 15) is 9.32 Å². The van der Waals surface area contributed by atoms with E-state index in [1.54, 1.807) is 24.6 Å². The van der Waals surface area contributed by atoms with E-state index in [-0.39, 0.29) is 26.0 Å². The number of hydrogen-bond acceptors (Lipinski definition) is 10. The van der Waals surface area contributed by atoms with E-state index < -0.39 is 36.1 Å². The van der Waals surface area contributed by atoms with Gasteiger partial charge in [-0.2, -0.15) is 9.35 Å². The lowest BCUT2D eigenvalue weighted by atomic mass is 10.1. The van der Waals surface area contributed by atoms with Crippen molar-refractivity contribution in [2.45, 2.75) is 56.8 Å². The lowest BCUT2D eigenvalue weighted by Crippen LogP contribution is -2.35. The van der Waals surface area contributed by atoms with Gasteiger partial charge in [-0.05, 0) is 24.2 Å². The molecule has 1 aromatic carbocycles. The minimum atomic E-state index is -2.33. The highest BCUT2D eigenvalue weighted by Crippen LogP contribution is 2.34. The first kappa shape index (κ1) is 32.0. The Morgan fingerprint density at radius 2 is 1.78 bits per heavy atom. The van der Waals surface area contributed by atoms with Crippen LogP contribution in [0.1, 0.15) is 0 Å². The van der Waals surface area contributed by atoms with Gasteiger partial charge in [0.2, 0.25) is 0 Å². The van der Waals surface area contributed by atoms with Gasteiger partial charge in [0, 0.05) is 48.0 Å². The first-order valence-corrected chi connectivity index (χ1v) is 21.2. The smallest absolute Gasteiger partial charge is 0.301 e. The maximum Gasteiger partial charge on any atom is 0.301 e. The molecular weight excluding hydrogens is 634 g/mol. The Hall–Kier alpha value is -2.91. The summed E-state index contributed by atoms with van der Waals surface area (Å²) in [6, 6.07) is 16.3. The lowest BCUT2D eigenvalue weighted by Gasteiger charge is -2.19. The Morgan fingerprint density at radius 3 is 2.51 bits per heavy atom. The van der Waals surface area contributed by atoms with Gasteiger partial charge in [-0.25, -0.2) is 14.2 Å². The molecule has 0 saturated carbocycles. The topological polar surface area (TPSA) is 130 Å². The number of hydrogen-bond donors (Lipinski definition) is 1. The lowest BCUT2D eigenvalue weighted by molar-refractivity contribution is 0.00336. The molecule has 0 aliphatic carbocycles. The van der Waals surface area contributed by atoms with Crippen LogP contribution in [0.2, 0.25) is 30.7 Å². The first-order chi connectivity index (χ1) is 21.3. The van der Waals surface area contributed by atoms with Crippen molar-refractivity contribution in [1.82, 2.24) is 19.5 Å². The van der Waals surface area contributed by atoms with Crippen molar-refractivity contribution in [3.63, 3.8) is 0 Å². The molecule has 2 saturated heterocycles. The molecule has 0 unspecified atom stereocenters. The number of benzene rings is 1. The van der Waals surface area contributed by atoms with Gasteiger partial charge >= 0.3 is 6.01 Å². The number of aliphatic hydroxyl groups excluding tert-OH is 1. The zero-order valence-corrected chi connectivity index (χ0v) is 28.5. The number of rotatable bonds is 10. The third kappa shape index (κ3) is 7.40. The fraction of sp³-hybridized carbons (Fsp3) is 0.452. The van der Waals surface area contributed by atoms with Gasteiger partial charge in [-0.1, -0.05) is 61.6 Å². The van der Waals surface area contributed by atoms with Crippen LogP contribution in [0.15, 0.2) is 52.9 Å². The standard InChI is InChI=1S/C31H38ClN5O6SSi/c1-44(2,39)36-26-8-6-7-22(33-26)19-9-11-20(12-10-19)27-21(32)15-23-30(35-27)37(18-40-13-14-45(3,4)5)31(34-23)43-25-17-42-28-24(38)16-41-29(25)28/h6-12,15,24-25,28-29,38H,13-14,16-18H2,1-5H3/t24-,25-,28-,29-/m1/s1. The number of nitrogens with zero attached hydrogens (tertiary/aromatic N) is 5. The second kappa shape index (κ2) is 12.7. The predicted octanol–water partition coefficient (Wildman–Crippen LogP) is 5.39. The average molecular weight is 672 g/mol. The maximum absolute atomic E-state index is 12.1. The molecule has 4 atom stereocenters. The average Bonchev–Trinajstić information content (AvgIpc) is 3.64. The van der Waals surface area contributed by atoms with Gasteiger partial charge in [-0.15, -0.1) is 0 Å². The van der Waals surface area contributed by atoms with Crippen LogP contribution < -0.4 is 4.74 Å². The van der Waals surface area contributed by atoms with Gasteiger partial charge in [0.25, 0.3) is 0 Å². The highest BCUT2D eigenvalue weighted by atomic mass is 35.5. The largest absolute Gasteiger partial charge is 0.456 e. The summed E-state index contributed by atoms with van der Waals surface area (Å²) in [5.41, 5.74) is 4.13. The highest BCUT2D eigenvalue weighted by Gasteiger charge is 2.49. The van der Waals surface area contributed by atoms with Crippen molar-refractivity contribution in [3.05, 3.63) is 53.6 Å². The molecule has 4 aromatic rings. The molecule has 2 aliphatic heterocycles. The number of fused-ring (bicyclic) bond motifs is 2. The van der Waals surface area contributed by atoms with Crippen LogP contribution in [0, 0.1) is 0 Å². The molecule has 11 nitrogen and oxygen atoms in total. The number of pyridine rings is 2. The van der Waals surface area contributed by atoms with Crippen LogP contribution in [0.4, 0.5) is 5.82 Å². The first-order valence-electron chi connectivity index (χ1n) is 14.8. The monoisotopic (exact) mass is 671 g/mol. The van der Waals surface area contributed by atoms with E-state index in [0.29, 0.717) is 46.0 Å². The second-order valence-corrected chi connectivity index (χ2v) is 21.5. The van der Waals surface area contributed by atoms with Crippen molar-refractivity contribution in [2.24, 2.45) is 4.36 Å². The van der Waals surface area contributed by atoms with Gasteiger partial charge < -0.3 is 24.1 Å². The summed E-state index contributed by atoms with van der Waals surface area (Å²) in [6.45, 7) is 8.22. The van der Waals surface area contributed by atoms with Crippen LogP contribution in [0.5, 0.6) is 6.01 Å². The third-order valence-corrected chi connectivity index (χ3v) is 10.2. The van der Waals surface area contributed by atoms with Crippen molar-refractivity contribution in [1.29, 1.82) is 0 Å². The minimum absolute atomic E-state index is 0.198. The van der Waals surface area contributed by atoms with Crippen molar-refractivity contribution in [2.75, 3.05) is 32.3 Å². The number of ether oxygens (including phenoxy) is 4. The van der Waals surface area contributed by atoms with Crippen molar-refractivity contribution in [3.8, 4) is 28.5 Å². The molecule has 240 valence electrons. The number of aliphatic hydroxyl groups is 1. The maximum atomic E-state index is 12.1.